The number of carbonyl (C=O) groups is 1. The van der Waals surface area contributed by atoms with Crippen LogP contribution in [0.5, 0.6) is 0 Å². The second kappa shape index (κ2) is 5.55. The Morgan fingerprint density at radius 1 is 1.43 bits per heavy atom. The Bertz CT molecular complexity index is 637. The molecule has 0 saturated carbocycles. The van der Waals surface area contributed by atoms with Gasteiger partial charge < -0.3 is 10.6 Å². The summed E-state index contributed by atoms with van der Waals surface area (Å²) in [6.45, 7) is 3.41. The average molecular weight is 285 g/mol. The van der Waals surface area contributed by atoms with Crippen molar-refractivity contribution in [1.82, 2.24) is 19.7 Å². The van der Waals surface area contributed by atoms with Gasteiger partial charge in [-0.05, 0) is 37.5 Å². The molecule has 0 spiro atoms. The number of rotatable bonds is 3. The second-order valence-corrected chi connectivity index (χ2v) is 5.23. The van der Waals surface area contributed by atoms with E-state index in [2.05, 4.69) is 10.1 Å². The van der Waals surface area contributed by atoms with Gasteiger partial charge in [-0.1, -0.05) is 0 Å². The quantitative estimate of drug-likeness (QED) is 0.933. The lowest BCUT2D eigenvalue weighted by Crippen LogP contribution is -2.31. The van der Waals surface area contributed by atoms with Gasteiger partial charge >= 0.3 is 0 Å². The number of aryl methyl sites for hydroxylation is 1. The number of hydrogen-bond acceptors (Lipinski definition) is 4. The Labute approximate surface area is 123 Å². The van der Waals surface area contributed by atoms with E-state index in [9.17, 15) is 4.79 Å². The van der Waals surface area contributed by atoms with Crippen LogP contribution in [-0.2, 0) is 6.54 Å². The molecule has 1 fully saturated rings. The zero-order valence-corrected chi connectivity index (χ0v) is 12.1. The summed E-state index contributed by atoms with van der Waals surface area (Å²) < 4.78 is 1.69. The van der Waals surface area contributed by atoms with Gasteiger partial charge in [-0.2, -0.15) is 5.10 Å². The van der Waals surface area contributed by atoms with Crippen LogP contribution in [0, 0.1) is 0 Å². The molecule has 2 aromatic rings. The molecule has 0 aromatic carbocycles. The molecule has 1 unspecified atom stereocenters. The summed E-state index contributed by atoms with van der Waals surface area (Å²) in [7, 11) is 0. The molecule has 6 nitrogen and oxygen atoms in total. The van der Waals surface area contributed by atoms with Gasteiger partial charge in [0.05, 0.1) is 11.7 Å². The SMILES string of the molecule is CCn1cc(N)c(C(=O)N2CCCC2c2ccncc2)n1. The molecule has 6 heteroatoms. The van der Waals surface area contributed by atoms with Gasteiger partial charge in [-0.25, -0.2) is 0 Å². The van der Waals surface area contributed by atoms with Crippen LogP contribution in [0.15, 0.2) is 30.7 Å². The number of nitrogens with two attached hydrogens (primary N) is 1. The van der Waals surface area contributed by atoms with Gasteiger partial charge in [0, 0.05) is 31.7 Å². The highest BCUT2D eigenvalue weighted by atomic mass is 16.2. The van der Waals surface area contributed by atoms with Crippen LogP contribution in [0.1, 0.15) is 41.9 Å². The number of nitrogen functional groups attached to an aromatic ring is 1. The number of pyridine rings is 1. The molecule has 0 bridgehead atoms. The molecule has 0 aliphatic carbocycles. The number of hydrogen-bond donors (Lipinski definition) is 1. The van der Waals surface area contributed by atoms with Crippen molar-refractivity contribution in [2.45, 2.75) is 32.4 Å². The average Bonchev–Trinajstić information content (AvgIpc) is 3.14. The third kappa shape index (κ3) is 2.49. The first kappa shape index (κ1) is 13.6. The minimum absolute atomic E-state index is 0.0842. The van der Waals surface area contributed by atoms with Crippen LogP contribution in [0.2, 0.25) is 0 Å². The second-order valence-electron chi connectivity index (χ2n) is 5.23. The normalized spacial score (nSPS) is 18.1. The summed E-state index contributed by atoms with van der Waals surface area (Å²) in [6.07, 6.45) is 7.19. The number of nitrogens with zero attached hydrogens (tertiary/aromatic N) is 4. The maximum absolute atomic E-state index is 12.7. The Balaban J connectivity index is 1.88. The van der Waals surface area contributed by atoms with Gasteiger partial charge in [0.1, 0.15) is 0 Å². The Morgan fingerprint density at radius 2 is 2.19 bits per heavy atom. The van der Waals surface area contributed by atoms with Gasteiger partial charge in [-0.15, -0.1) is 0 Å². The van der Waals surface area contributed by atoms with Crippen LogP contribution in [0.4, 0.5) is 5.69 Å². The molecule has 2 aromatic heterocycles. The Kier molecular flexibility index (Phi) is 3.60. The summed E-state index contributed by atoms with van der Waals surface area (Å²) in [5, 5.41) is 4.29. The van der Waals surface area contributed by atoms with Crippen LogP contribution in [0.3, 0.4) is 0 Å². The summed E-state index contributed by atoms with van der Waals surface area (Å²) >= 11 is 0. The highest BCUT2D eigenvalue weighted by Gasteiger charge is 2.32. The monoisotopic (exact) mass is 285 g/mol. The predicted octanol–water partition coefficient (Wildman–Crippen LogP) is 1.86. The molecule has 3 heterocycles. The van der Waals surface area contributed by atoms with Crippen molar-refractivity contribution in [2.24, 2.45) is 0 Å². The van der Waals surface area contributed by atoms with E-state index in [1.54, 1.807) is 23.3 Å². The van der Waals surface area contributed by atoms with Crippen LogP contribution in [-0.4, -0.2) is 32.1 Å². The van der Waals surface area contributed by atoms with Gasteiger partial charge in [0.25, 0.3) is 5.91 Å². The molecule has 0 radical (unpaired) electrons. The van der Waals surface area contributed by atoms with Crippen LogP contribution >= 0.6 is 0 Å². The molecule has 110 valence electrons. The molecule has 2 N–H and O–H groups in total. The maximum Gasteiger partial charge on any atom is 0.277 e. The van der Waals surface area contributed by atoms with Crippen LogP contribution < -0.4 is 5.73 Å². The van der Waals surface area contributed by atoms with Crippen molar-refractivity contribution in [1.29, 1.82) is 0 Å². The van der Waals surface area contributed by atoms with E-state index in [0.29, 0.717) is 17.9 Å². The van der Waals surface area contributed by atoms with E-state index in [1.807, 2.05) is 24.0 Å². The van der Waals surface area contributed by atoms with E-state index in [-0.39, 0.29) is 11.9 Å². The zero-order chi connectivity index (χ0) is 14.8. The third-order valence-electron chi connectivity index (χ3n) is 3.92. The molecule has 3 rings (SSSR count). The molecule has 1 saturated heterocycles. The summed E-state index contributed by atoms with van der Waals surface area (Å²) in [6, 6.07) is 4.01. The first-order valence-electron chi connectivity index (χ1n) is 7.24. The minimum atomic E-state index is -0.0842. The Morgan fingerprint density at radius 3 is 2.86 bits per heavy atom. The zero-order valence-electron chi connectivity index (χ0n) is 12.1. The molecule has 1 aliphatic rings. The van der Waals surface area contributed by atoms with Crippen molar-refractivity contribution < 1.29 is 4.79 Å². The minimum Gasteiger partial charge on any atom is -0.396 e. The molecule has 1 atom stereocenters. The first-order valence-corrected chi connectivity index (χ1v) is 7.24. The van der Waals surface area contributed by atoms with Crippen molar-refractivity contribution in [3.63, 3.8) is 0 Å². The molecule has 1 amide bonds. The standard InChI is InChI=1S/C15H19N5O/c1-2-19-10-12(16)14(18-19)15(21)20-9-3-4-13(20)11-5-7-17-8-6-11/h5-8,10,13H,2-4,9,16H2,1H3. The van der Waals surface area contributed by atoms with Crippen molar-refractivity contribution in [3.05, 3.63) is 42.0 Å². The van der Waals surface area contributed by atoms with E-state index in [4.69, 9.17) is 5.73 Å². The fourth-order valence-corrected chi connectivity index (χ4v) is 2.84. The molecular formula is C15H19N5O. The largest absolute Gasteiger partial charge is 0.396 e. The fraction of sp³-hybridized carbons (Fsp3) is 0.400. The highest BCUT2D eigenvalue weighted by molar-refractivity contribution is 5.97. The van der Waals surface area contributed by atoms with Gasteiger partial charge in [0.15, 0.2) is 5.69 Å². The summed E-state index contributed by atoms with van der Waals surface area (Å²) in [5.41, 5.74) is 7.85. The highest BCUT2D eigenvalue weighted by Crippen LogP contribution is 2.33. The lowest BCUT2D eigenvalue weighted by Gasteiger charge is -2.24. The molecule has 21 heavy (non-hydrogen) atoms. The van der Waals surface area contributed by atoms with Crippen LogP contribution in [0.25, 0.3) is 0 Å². The van der Waals surface area contributed by atoms with E-state index < -0.39 is 0 Å². The topological polar surface area (TPSA) is 77.0 Å². The van der Waals surface area contributed by atoms with Crippen molar-refractivity contribution >= 4 is 11.6 Å². The van der Waals surface area contributed by atoms with Crippen molar-refractivity contribution in [2.75, 3.05) is 12.3 Å². The van der Waals surface area contributed by atoms with E-state index in [0.717, 1.165) is 24.9 Å². The lowest BCUT2D eigenvalue weighted by atomic mass is 10.1. The lowest BCUT2D eigenvalue weighted by molar-refractivity contribution is 0.0729. The number of anilines is 1. The number of amides is 1. The third-order valence-corrected chi connectivity index (χ3v) is 3.92. The fourth-order valence-electron chi connectivity index (χ4n) is 2.84. The number of aromatic nitrogens is 3. The number of likely N-dealkylation sites (tertiary alicyclic amines) is 1. The van der Waals surface area contributed by atoms with Gasteiger partial charge in [0.2, 0.25) is 0 Å². The molecule has 1 aliphatic heterocycles. The maximum atomic E-state index is 12.7. The molecular weight excluding hydrogens is 266 g/mol. The Hall–Kier alpha value is -2.37. The van der Waals surface area contributed by atoms with Gasteiger partial charge in [-0.3, -0.25) is 14.5 Å². The predicted molar refractivity (Wildman–Crippen MR) is 79.6 cm³/mol. The smallest absolute Gasteiger partial charge is 0.277 e. The van der Waals surface area contributed by atoms with Crippen molar-refractivity contribution in [3.8, 4) is 0 Å². The van der Waals surface area contributed by atoms with E-state index >= 15 is 0 Å². The number of carbonyl (C=O) groups excluding carboxylic acids is 1. The summed E-state index contributed by atoms with van der Waals surface area (Å²) in [4.78, 5) is 18.6. The van der Waals surface area contributed by atoms with E-state index in [1.165, 1.54) is 0 Å². The first-order chi connectivity index (χ1) is 10.2. The summed E-state index contributed by atoms with van der Waals surface area (Å²) in [5.74, 6) is -0.0842.